The van der Waals surface area contributed by atoms with E-state index in [1.54, 1.807) is 12.1 Å². The number of methoxy groups -OCH3 is 1. The highest BCUT2D eigenvalue weighted by Crippen LogP contribution is 2.32. The second kappa shape index (κ2) is 7.35. The number of amides is 1. The molecule has 3 N–H and O–H groups in total. The first-order valence-corrected chi connectivity index (χ1v) is 7.00. The Kier molecular flexibility index (Phi) is 5.45. The summed E-state index contributed by atoms with van der Waals surface area (Å²) < 4.78 is 46.9. The van der Waals surface area contributed by atoms with Gasteiger partial charge in [0.25, 0.3) is 0 Å². The summed E-state index contributed by atoms with van der Waals surface area (Å²) in [7, 11) is 1.44. The molecule has 2 rings (SSSR count). The number of anilines is 1. The molecule has 0 saturated heterocycles. The maximum atomic E-state index is 12.2. The number of carbonyl (C=O) groups is 1. The van der Waals surface area contributed by atoms with Gasteiger partial charge in [0.05, 0.1) is 24.9 Å². The van der Waals surface area contributed by atoms with E-state index in [2.05, 4.69) is 10.3 Å². The average molecular weight is 343 g/mol. The number of ether oxygens (including phenoxy) is 1. The predicted octanol–water partition coefficient (Wildman–Crippen LogP) is 2.96. The maximum absolute atomic E-state index is 12.2. The van der Waals surface area contributed by atoms with E-state index < -0.39 is 31.0 Å². The highest BCUT2D eigenvalue weighted by Gasteiger charge is 2.29. The first-order valence-electron chi connectivity index (χ1n) is 7.00. The minimum Gasteiger partial charge on any atom is -0.496 e. The number of carbonyl (C=O) groups excluding carboxylic acids is 1. The van der Waals surface area contributed by atoms with E-state index in [4.69, 9.17) is 14.9 Å². The van der Waals surface area contributed by atoms with E-state index in [1.165, 1.54) is 25.8 Å². The number of hydrogen-bond acceptors (Lipinski definition) is 5. The number of rotatable bonds is 6. The number of benzene rings is 1. The molecule has 0 aliphatic heterocycles. The van der Waals surface area contributed by atoms with Gasteiger partial charge in [-0.05, 0) is 18.6 Å². The predicted molar refractivity (Wildman–Crippen MR) is 80.4 cm³/mol. The van der Waals surface area contributed by atoms with E-state index >= 15 is 0 Å². The lowest BCUT2D eigenvalue weighted by Crippen LogP contribution is -2.36. The van der Waals surface area contributed by atoms with Crippen molar-refractivity contribution in [3.63, 3.8) is 0 Å². The quantitative estimate of drug-likeness (QED) is 0.841. The Morgan fingerprint density at radius 1 is 1.46 bits per heavy atom. The monoisotopic (exact) mass is 343 g/mol. The van der Waals surface area contributed by atoms with Crippen LogP contribution in [0.25, 0.3) is 11.3 Å². The highest BCUT2D eigenvalue weighted by molar-refractivity contribution is 5.95. The summed E-state index contributed by atoms with van der Waals surface area (Å²) in [5.41, 5.74) is 6.45. The van der Waals surface area contributed by atoms with E-state index in [0.29, 0.717) is 22.8 Å². The molecule has 1 aromatic carbocycles. The molecule has 2 aromatic rings. The summed E-state index contributed by atoms with van der Waals surface area (Å²) in [4.78, 5) is 15.7. The van der Waals surface area contributed by atoms with Gasteiger partial charge in [-0.1, -0.05) is 0 Å². The van der Waals surface area contributed by atoms with Gasteiger partial charge in [0.1, 0.15) is 5.75 Å². The summed E-state index contributed by atoms with van der Waals surface area (Å²) in [6.07, 6.45) is -3.18. The van der Waals surface area contributed by atoms with E-state index in [1.807, 2.05) is 0 Å². The molecule has 0 bridgehead atoms. The fourth-order valence-electron chi connectivity index (χ4n) is 2.01. The number of oxazole rings is 1. The van der Waals surface area contributed by atoms with Gasteiger partial charge in [-0.25, -0.2) is 4.98 Å². The lowest BCUT2D eigenvalue weighted by Gasteiger charge is -2.14. The van der Waals surface area contributed by atoms with Gasteiger partial charge < -0.3 is 20.2 Å². The van der Waals surface area contributed by atoms with Crippen molar-refractivity contribution in [3.8, 4) is 17.1 Å². The van der Waals surface area contributed by atoms with Crippen LogP contribution in [0.2, 0.25) is 0 Å². The summed E-state index contributed by atoms with van der Waals surface area (Å²) in [6.45, 7) is 0. The summed E-state index contributed by atoms with van der Waals surface area (Å²) in [5, 5.41) is 2.47. The fourth-order valence-corrected chi connectivity index (χ4v) is 2.01. The van der Waals surface area contributed by atoms with Crippen molar-refractivity contribution in [1.82, 2.24) is 4.98 Å². The molecule has 1 amide bonds. The van der Waals surface area contributed by atoms with Crippen LogP contribution in [0.5, 0.6) is 5.75 Å². The van der Waals surface area contributed by atoms with E-state index in [0.717, 1.165) is 0 Å². The molecule has 1 aromatic heterocycles. The molecule has 9 heteroatoms. The number of nitrogens with zero attached hydrogens (tertiary/aromatic N) is 1. The van der Waals surface area contributed by atoms with Gasteiger partial charge in [-0.2, -0.15) is 13.2 Å². The molecule has 1 heterocycles. The third-order valence-electron chi connectivity index (χ3n) is 3.24. The van der Waals surface area contributed by atoms with Crippen molar-refractivity contribution >= 4 is 11.6 Å². The van der Waals surface area contributed by atoms with Crippen molar-refractivity contribution in [2.24, 2.45) is 5.73 Å². The summed E-state index contributed by atoms with van der Waals surface area (Å²) >= 11 is 0. The number of aromatic nitrogens is 1. The van der Waals surface area contributed by atoms with Crippen LogP contribution in [0, 0.1) is 0 Å². The lowest BCUT2D eigenvalue weighted by molar-refractivity contribution is -0.137. The summed E-state index contributed by atoms with van der Waals surface area (Å²) in [5.74, 6) is 0.189. The Bertz CT molecular complexity index is 687. The molecule has 0 fully saturated rings. The van der Waals surface area contributed by atoms with Crippen LogP contribution in [0.3, 0.4) is 0 Å². The minimum absolute atomic E-state index is 0.350. The smallest absolute Gasteiger partial charge is 0.389 e. The molecular formula is C15H16F3N3O3. The van der Waals surface area contributed by atoms with Crippen molar-refractivity contribution in [2.75, 3.05) is 12.4 Å². The normalized spacial score (nSPS) is 12.7. The van der Waals surface area contributed by atoms with Crippen LogP contribution in [-0.2, 0) is 4.79 Å². The molecule has 1 atom stereocenters. The standard InChI is InChI=1S/C15H16F3N3O3/c1-23-12-6-9(2-3-10(12)13-7-20-8-24-13)21-14(22)11(19)4-5-15(16,17)18/h2-3,6-8,11H,4-5,19H2,1H3,(H,21,22). The highest BCUT2D eigenvalue weighted by atomic mass is 19.4. The SMILES string of the molecule is COc1cc(NC(=O)C(N)CCC(F)(F)F)ccc1-c1cnco1. The van der Waals surface area contributed by atoms with Gasteiger partial charge in [0.2, 0.25) is 5.91 Å². The van der Waals surface area contributed by atoms with Gasteiger partial charge in [-0.15, -0.1) is 0 Å². The molecule has 1 unspecified atom stereocenters. The average Bonchev–Trinajstić information content (AvgIpc) is 3.05. The van der Waals surface area contributed by atoms with Crippen LogP contribution in [0.15, 0.2) is 35.2 Å². The Hall–Kier alpha value is -2.55. The van der Waals surface area contributed by atoms with Crippen LogP contribution in [0.1, 0.15) is 12.8 Å². The molecule has 24 heavy (non-hydrogen) atoms. The molecule has 0 aliphatic carbocycles. The Morgan fingerprint density at radius 2 is 2.21 bits per heavy atom. The van der Waals surface area contributed by atoms with Gasteiger partial charge >= 0.3 is 6.18 Å². The number of alkyl halides is 3. The minimum atomic E-state index is -4.35. The zero-order chi connectivity index (χ0) is 17.7. The van der Waals surface area contributed by atoms with Crippen molar-refractivity contribution in [3.05, 3.63) is 30.8 Å². The van der Waals surface area contributed by atoms with Crippen LogP contribution < -0.4 is 15.8 Å². The van der Waals surface area contributed by atoms with E-state index in [9.17, 15) is 18.0 Å². The topological polar surface area (TPSA) is 90.4 Å². The van der Waals surface area contributed by atoms with Gasteiger partial charge in [-0.3, -0.25) is 4.79 Å². The molecule has 130 valence electrons. The van der Waals surface area contributed by atoms with Crippen molar-refractivity contribution in [2.45, 2.75) is 25.1 Å². The third-order valence-corrected chi connectivity index (χ3v) is 3.24. The first-order chi connectivity index (χ1) is 11.3. The van der Waals surface area contributed by atoms with Gasteiger partial charge in [0, 0.05) is 18.2 Å². The number of hydrogen-bond donors (Lipinski definition) is 2. The van der Waals surface area contributed by atoms with Crippen molar-refractivity contribution in [1.29, 1.82) is 0 Å². The maximum Gasteiger partial charge on any atom is 0.389 e. The molecule has 6 nitrogen and oxygen atoms in total. The zero-order valence-corrected chi connectivity index (χ0v) is 12.8. The summed E-state index contributed by atoms with van der Waals surface area (Å²) in [6, 6.07) is 3.46. The van der Waals surface area contributed by atoms with Crippen LogP contribution in [-0.4, -0.2) is 30.2 Å². The first kappa shape index (κ1) is 17.8. The molecule has 0 radical (unpaired) electrons. The van der Waals surface area contributed by atoms with Crippen LogP contribution in [0.4, 0.5) is 18.9 Å². The lowest BCUT2D eigenvalue weighted by atomic mass is 10.1. The Balaban J connectivity index is 2.06. The Labute approximate surface area is 135 Å². The molecule has 0 saturated carbocycles. The zero-order valence-electron chi connectivity index (χ0n) is 12.8. The number of nitrogens with one attached hydrogen (secondary N) is 1. The van der Waals surface area contributed by atoms with E-state index in [-0.39, 0.29) is 0 Å². The largest absolute Gasteiger partial charge is 0.496 e. The molecule has 0 aliphatic rings. The molecule has 0 spiro atoms. The van der Waals surface area contributed by atoms with Crippen LogP contribution >= 0.6 is 0 Å². The number of nitrogens with two attached hydrogens (primary N) is 1. The van der Waals surface area contributed by atoms with Gasteiger partial charge in [0.15, 0.2) is 12.2 Å². The second-order valence-corrected chi connectivity index (χ2v) is 5.03. The number of halogens is 3. The molecular weight excluding hydrogens is 327 g/mol. The fraction of sp³-hybridized carbons (Fsp3) is 0.333. The second-order valence-electron chi connectivity index (χ2n) is 5.03. The third kappa shape index (κ3) is 4.72. The Morgan fingerprint density at radius 3 is 2.79 bits per heavy atom. The van der Waals surface area contributed by atoms with Crippen molar-refractivity contribution < 1.29 is 27.1 Å².